The molecule has 0 saturated heterocycles. The number of nitrogens with one attached hydrogen (secondary N) is 2. The highest BCUT2D eigenvalue weighted by Crippen LogP contribution is 2.17. The van der Waals surface area contributed by atoms with E-state index in [-0.39, 0.29) is 6.04 Å². The quantitative estimate of drug-likeness (QED) is 0.819. The van der Waals surface area contributed by atoms with E-state index in [1.807, 2.05) is 18.2 Å². The van der Waals surface area contributed by atoms with Gasteiger partial charge in [-0.1, -0.05) is 42.5 Å². The van der Waals surface area contributed by atoms with E-state index in [0.29, 0.717) is 5.11 Å². The van der Waals surface area contributed by atoms with Gasteiger partial charge in [-0.15, -0.1) is 0 Å². The number of thiocarbonyl (C=S) groups is 1. The van der Waals surface area contributed by atoms with Gasteiger partial charge in [0.05, 0.1) is 6.04 Å². The van der Waals surface area contributed by atoms with Gasteiger partial charge in [-0.3, -0.25) is 0 Å². The van der Waals surface area contributed by atoms with Gasteiger partial charge in [0.15, 0.2) is 5.11 Å². The first-order valence-corrected chi connectivity index (χ1v) is 7.17. The molecule has 2 rings (SSSR count). The van der Waals surface area contributed by atoms with Crippen LogP contribution >= 0.6 is 12.2 Å². The molecule has 2 N–H and O–H groups in total. The largest absolute Gasteiger partial charge is 0.356 e. The van der Waals surface area contributed by atoms with Crippen molar-refractivity contribution in [1.82, 2.24) is 5.32 Å². The first kappa shape index (κ1) is 14.5. The lowest BCUT2D eigenvalue weighted by Crippen LogP contribution is -2.31. The molecule has 0 saturated carbocycles. The van der Waals surface area contributed by atoms with Gasteiger partial charge in [-0.2, -0.15) is 0 Å². The van der Waals surface area contributed by atoms with Crippen LogP contribution in [-0.4, -0.2) is 5.11 Å². The average molecular weight is 284 g/mol. The maximum Gasteiger partial charge on any atom is 0.171 e. The zero-order chi connectivity index (χ0) is 14.5. The van der Waals surface area contributed by atoms with Gasteiger partial charge >= 0.3 is 0 Å². The van der Waals surface area contributed by atoms with Crippen LogP contribution in [-0.2, 0) is 0 Å². The minimum Gasteiger partial charge on any atom is -0.356 e. The number of hydrogen-bond donors (Lipinski definition) is 2. The molecule has 0 aliphatic rings. The molecule has 104 valence electrons. The zero-order valence-corrected chi connectivity index (χ0v) is 12.9. The number of rotatable bonds is 3. The number of aryl methyl sites for hydroxylation is 2. The molecule has 2 aromatic carbocycles. The molecule has 3 heteroatoms. The van der Waals surface area contributed by atoms with Crippen molar-refractivity contribution in [1.29, 1.82) is 0 Å². The first-order chi connectivity index (χ1) is 9.56. The maximum absolute atomic E-state index is 5.39. The van der Waals surface area contributed by atoms with Crippen molar-refractivity contribution in [2.75, 3.05) is 5.32 Å². The zero-order valence-electron chi connectivity index (χ0n) is 12.1. The van der Waals surface area contributed by atoms with Crippen LogP contribution in [0.4, 0.5) is 5.69 Å². The van der Waals surface area contributed by atoms with Crippen LogP contribution in [0.15, 0.2) is 48.5 Å². The van der Waals surface area contributed by atoms with Crippen LogP contribution in [0, 0.1) is 13.8 Å². The molecular formula is C17H20N2S. The van der Waals surface area contributed by atoms with Crippen LogP contribution in [0.5, 0.6) is 0 Å². The standard InChI is InChI=1S/C17H20N2S/c1-12-9-10-13(2)16(11-12)19-17(20)18-14(3)15-7-5-4-6-8-15/h4-11,14H,1-3H3,(H2,18,19,20). The second-order valence-electron chi connectivity index (χ2n) is 5.05. The number of benzene rings is 2. The Morgan fingerprint density at radius 3 is 2.45 bits per heavy atom. The Morgan fingerprint density at radius 2 is 1.75 bits per heavy atom. The van der Waals surface area contributed by atoms with Crippen molar-refractivity contribution in [2.45, 2.75) is 26.8 Å². The molecule has 0 aromatic heterocycles. The Hall–Kier alpha value is -1.87. The Morgan fingerprint density at radius 1 is 1.05 bits per heavy atom. The fourth-order valence-corrected chi connectivity index (χ4v) is 2.34. The molecule has 20 heavy (non-hydrogen) atoms. The van der Waals surface area contributed by atoms with Crippen molar-refractivity contribution in [3.63, 3.8) is 0 Å². The third kappa shape index (κ3) is 3.81. The summed E-state index contributed by atoms with van der Waals surface area (Å²) in [6, 6.07) is 16.8. The monoisotopic (exact) mass is 284 g/mol. The van der Waals surface area contributed by atoms with Crippen LogP contribution in [0.3, 0.4) is 0 Å². The second-order valence-corrected chi connectivity index (χ2v) is 5.46. The van der Waals surface area contributed by atoms with E-state index in [2.05, 4.69) is 61.7 Å². The molecule has 0 bridgehead atoms. The van der Waals surface area contributed by atoms with Gasteiger partial charge in [-0.05, 0) is 55.7 Å². The topological polar surface area (TPSA) is 24.1 Å². The maximum atomic E-state index is 5.39. The summed E-state index contributed by atoms with van der Waals surface area (Å²) in [5, 5.41) is 7.23. The minimum absolute atomic E-state index is 0.182. The van der Waals surface area contributed by atoms with Crippen molar-refractivity contribution >= 4 is 23.0 Å². The number of hydrogen-bond acceptors (Lipinski definition) is 1. The number of anilines is 1. The van der Waals surface area contributed by atoms with E-state index < -0.39 is 0 Å². The van der Waals surface area contributed by atoms with Crippen LogP contribution < -0.4 is 10.6 Å². The third-order valence-electron chi connectivity index (χ3n) is 3.29. The molecule has 0 heterocycles. The van der Waals surface area contributed by atoms with Crippen molar-refractivity contribution < 1.29 is 0 Å². The van der Waals surface area contributed by atoms with Crippen LogP contribution in [0.2, 0.25) is 0 Å². The van der Waals surface area contributed by atoms with Gasteiger partial charge in [0, 0.05) is 5.69 Å². The molecule has 0 amide bonds. The molecule has 0 spiro atoms. The highest BCUT2D eigenvalue weighted by Gasteiger charge is 2.07. The molecule has 2 aromatic rings. The van der Waals surface area contributed by atoms with Gasteiger partial charge < -0.3 is 10.6 Å². The lowest BCUT2D eigenvalue weighted by Gasteiger charge is -2.18. The Balaban J connectivity index is 2.01. The summed E-state index contributed by atoms with van der Waals surface area (Å²) >= 11 is 5.39. The van der Waals surface area contributed by atoms with E-state index in [1.54, 1.807) is 0 Å². The first-order valence-electron chi connectivity index (χ1n) is 6.76. The highest BCUT2D eigenvalue weighted by atomic mass is 32.1. The second kappa shape index (κ2) is 6.53. The smallest absolute Gasteiger partial charge is 0.171 e. The summed E-state index contributed by atoms with van der Waals surface area (Å²) in [4.78, 5) is 0. The summed E-state index contributed by atoms with van der Waals surface area (Å²) < 4.78 is 0. The van der Waals surface area contributed by atoms with E-state index in [9.17, 15) is 0 Å². The van der Waals surface area contributed by atoms with Gasteiger partial charge in [0.1, 0.15) is 0 Å². The molecule has 0 aliphatic heterocycles. The molecule has 0 radical (unpaired) electrons. The molecular weight excluding hydrogens is 264 g/mol. The van der Waals surface area contributed by atoms with Crippen molar-refractivity contribution in [3.05, 3.63) is 65.2 Å². The fraction of sp³-hybridized carbons (Fsp3) is 0.235. The van der Waals surface area contributed by atoms with E-state index >= 15 is 0 Å². The van der Waals surface area contributed by atoms with Gasteiger partial charge in [-0.25, -0.2) is 0 Å². The summed E-state index contributed by atoms with van der Waals surface area (Å²) in [5.74, 6) is 0. The van der Waals surface area contributed by atoms with Gasteiger partial charge in [0.25, 0.3) is 0 Å². The predicted molar refractivity (Wildman–Crippen MR) is 90.1 cm³/mol. The van der Waals surface area contributed by atoms with Gasteiger partial charge in [0.2, 0.25) is 0 Å². The molecule has 0 aliphatic carbocycles. The van der Waals surface area contributed by atoms with Crippen molar-refractivity contribution in [3.8, 4) is 0 Å². The Kier molecular flexibility index (Phi) is 4.74. The molecule has 2 nitrogen and oxygen atoms in total. The SMILES string of the molecule is Cc1ccc(C)c(NC(=S)NC(C)c2ccccc2)c1. The van der Waals surface area contributed by atoms with Crippen LogP contribution in [0.1, 0.15) is 29.7 Å². The van der Waals surface area contributed by atoms with E-state index in [4.69, 9.17) is 12.2 Å². The lowest BCUT2D eigenvalue weighted by atomic mass is 10.1. The highest BCUT2D eigenvalue weighted by molar-refractivity contribution is 7.80. The summed E-state index contributed by atoms with van der Waals surface area (Å²) in [5.41, 5.74) is 4.68. The lowest BCUT2D eigenvalue weighted by molar-refractivity contribution is 0.722. The Labute approximate surface area is 126 Å². The predicted octanol–water partition coefficient (Wildman–Crippen LogP) is 4.35. The molecule has 1 unspecified atom stereocenters. The van der Waals surface area contributed by atoms with Crippen molar-refractivity contribution in [2.24, 2.45) is 0 Å². The summed E-state index contributed by atoms with van der Waals surface area (Å²) in [7, 11) is 0. The minimum atomic E-state index is 0.182. The summed E-state index contributed by atoms with van der Waals surface area (Å²) in [6.07, 6.45) is 0. The molecule has 0 fully saturated rings. The normalized spacial score (nSPS) is 11.8. The average Bonchev–Trinajstić information content (AvgIpc) is 2.43. The van der Waals surface area contributed by atoms with E-state index in [0.717, 1.165) is 5.69 Å². The van der Waals surface area contributed by atoms with E-state index in [1.165, 1.54) is 16.7 Å². The molecule has 1 atom stereocenters. The Bertz CT molecular complexity index is 593. The third-order valence-corrected chi connectivity index (χ3v) is 3.51. The fourth-order valence-electron chi connectivity index (χ4n) is 2.05. The summed E-state index contributed by atoms with van der Waals surface area (Å²) in [6.45, 7) is 6.26. The van der Waals surface area contributed by atoms with Crippen LogP contribution in [0.25, 0.3) is 0 Å².